The molecule has 0 atom stereocenters. The van der Waals surface area contributed by atoms with E-state index in [2.05, 4.69) is 22.1 Å². The lowest BCUT2D eigenvalue weighted by Crippen LogP contribution is -2.48. The fourth-order valence-corrected chi connectivity index (χ4v) is 3.75. The minimum Gasteiger partial charge on any atom is -0.497 e. The highest BCUT2D eigenvalue weighted by molar-refractivity contribution is 5.92. The zero-order valence-electron chi connectivity index (χ0n) is 18.7. The van der Waals surface area contributed by atoms with Crippen LogP contribution in [0.4, 0.5) is 0 Å². The Kier molecular flexibility index (Phi) is 7.36. The highest BCUT2D eigenvalue weighted by Gasteiger charge is 2.23. The number of ether oxygens (including phenoxy) is 2. The van der Waals surface area contributed by atoms with E-state index in [0.717, 1.165) is 31.1 Å². The SMILES string of the molecule is COc1ccc(CN2CCN(C(=O)c3ccc(=O)n(CCOc4ccccc4)n3)CC2)cc1. The molecule has 1 amide bonds. The molecule has 3 aromatic rings. The topological polar surface area (TPSA) is 76.9 Å². The Labute approximate surface area is 193 Å². The van der Waals surface area contributed by atoms with Crippen molar-refractivity contribution < 1.29 is 14.3 Å². The van der Waals surface area contributed by atoms with E-state index in [1.165, 1.54) is 22.4 Å². The third kappa shape index (κ3) is 5.98. The van der Waals surface area contributed by atoms with Gasteiger partial charge in [-0.25, -0.2) is 4.68 Å². The van der Waals surface area contributed by atoms with Gasteiger partial charge in [-0.05, 0) is 35.9 Å². The maximum absolute atomic E-state index is 13.0. The number of piperazine rings is 1. The zero-order valence-corrected chi connectivity index (χ0v) is 18.7. The Morgan fingerprint density at radius 2 is 1.64 bits per heavy atom. The minimum absolute atomic E-state index is 0.156. The summed E-state index contributed by atoms with van der Waals surface area (Å²) in [5.41, 5.74) is 1.23. The van der Waals surface area contributed by atoms with Crippen LogP contribution < -0.4 is 15.0 Å². The number of methoxy groups -OCH3 is 1. The Hall–Kier alpha value is -3.65. The van der Waals surface area contributed by atoms with E-state index in [-0.39, 0.29) is 23.7 Å². The average Bonchev–Trinajstić information content (AvgIpc) is 2.86. The van der Waals surface area contributed by atoms with Gasteiger partial charge in [0.2, 0.25) is 0 Å². The van der Waals surface area contributed by atoms with Crippen molar-refractivity contribution in [3.05, 3.63) is 88.3 Å². The van der Waals surface area contributed by atoms with Crippen molar-refractivity contribution in [2.75, 3.05) is 39.9 Å². The number of hydrogen-bond acceptors (Lipinski definition) is 6. The Morgan fingerprint density at radius 3 is 2.33 bits per heavy atom. The van der Waals surface area contributed by atoms with Crippen LogP contribution in [0.1, 0.15) is 16.1 Å². The van der Waals surface area contributed by atoms with Gasteiger partial charge in [0.1, 0.15) is 23.8 Å². The van der Waals surface area contributed by atoms with Crippen LogP contribution in [0.2, 0.25) is 0 Å². The predicted molar refractivity (Wildman–Crippen MR) is 125 cm³/mol. The number of hydrogen-bond donors (Lipinski definition) is 0. The smallest absolute Gasteiger partial charge is 0.274 e. The van der Waals surface area contributed by atoms with Crippen LogP contribution >= 0.6 is 0 Å². The van der Waals surface area contributed by atoms with Crippen molar-refractivity contribution in [2.45, 2.75) is 13.1 Å². The molecule has 2 heterocycles. The molecule has 0 N–H and O–H groups in total. The van der Waals surface area contributed by atoms with Crippen LogP contribution in [0.15, 0.2) is 71.5 Å². The van der Waals surface area contributed by atoms with Gasteiger partial charge in [-0.3, -0.25) is 14.5 Å². The summed E-state index contributed by atoms with van der Waals surface area (Å²) in [7, 11) is 1.66. The first-order chi connectivity index (χ1) is 16.1. The van der Waals surface area contributed by atoms with Gasteiger partial charge in [-0.2, -0.15) is 5.10 Å². The standard InChI is InChI=1S/C25H28N4O4/c1-32-21-9-7-20(8-10-21)19-27-13-15-28(16-14-27)25(31)23-11-12-24(30)29(26-23)17-18-33-22-5-3-2-4-6-22/h2-12H,13-19H2,1H3. The molecule has 1 aliphatic heterocycles. The van der Waals surface area contributed by atoms with Crippen LogP contribution in [0, 0.1) is 0 Å². The minimum atomic E-state index is -0.257. The summed E-state index contributed by atoms with van der Waals surface area (Å²) in [6, 6.07) is 20.3. The summed E-state index contributed by atoms with van der Waals surface area (Å²) in [5, 5.41) is 4.29. The number of carbonyl (C=O) groups excluding carboxylic acids is 1. The molecular weight excluding hydrogens is 420 g/mol. The third-order valence-corrected chi connectivity index (χ3v) is 5.63. The maximum atomic E-state index is 13.0. The molecule has 1 aliphatic rings. The molecule has 8 nitrogen and oxygen atoms in total. The monoisotopic (exact) mass is 448 g/mol. The zero-order chi connectivity index (χ0) is 23.0. The van der Waals surface area contributed by atoms with E-state index in [9.17, 15) is 9.59 Å². The van der Waals surface area contributed by atoms with E-state index in [1.807, 2.05) is 42.5 Å². The second-order valence-corrected chi connectivity index (χ2v) is 7.86. The molecule has 0 saturated carbocycles. The molecule has 0 radical (unpaired) electrons. The van der Waals surface area contributed by atoms with Crippen molar-refractivity contribution in [1.82, 2.24) is 19.6 Å². The average molecular weight is 449 g/mol. The number of aromatic nitrogens is 2. The number of nitrogens with zero attached hydrogens (tertiary/aromatic N) is 4. The molecule has 2 aromatic carbocycles. The number of rotatable bonds is 8. The largest absolute Gasteiger partial charge is 0.497 e. The van der Waals surface area contributed by atoms with Gasteiger partial charge >= 0.3 is 0 Å². The van der Waals surface area contributed by atoms with Crippen molar-refractivity contribution >= 4 is 5.91 Å². The quantitative estimate of drug-likeness (QED) is 0.526. The number of para-hydroxylation sites is 1. The Morgan fingerprint density at radius 1 is 0.909 bits per heavy atom. The first-order valence-electron chi connectivity index (χ1n) is 11.0. The molecule has 0 unspecified atom stereocenters. The lowest BCUT2D eigenvalue weighted by molar-refractivity contribution is 0.0619. The van der Waals surface area contributed by atoms with E-state index >= 15 is 0 Å². The second-order valence-electron chi connectivity index (χ2n) is 7.86. The first-order valence-corrected chi connectivity index (χ1v) is 11.0. The third-order valence-electron chi connectivity index (χ3n) is 5.63. The molecule has 0 spiro atoms. The van der Waals surface area contributed by atoms with E-state index in [1.54, 1.807) is 12.0 Å². The van der Waals surface area contributed by atoms with E-state index < -0.39 is 0 Å². The number of benzene rings is 2. The van der Waals surface area contributed by atoms with Crippen LogP contribution in [-0.2, 0) is 13.1 Å². The molecule has 4 rings (SSSR count). The summed E-state index contributed by atoms with van der Waals surface area (Å²) in [5.74, 6) is 1.41. The van der Waals surface area contributed by atoms with Gasteiger partial charge in [-0.1, -0.05) is 30.3 Å². The van der Waals surface area contributed by atoms with Crippen LogP contribution in [0.5, 0.6) is 11.5 Å². The van der Waals surface area contributed by atoms with Crippen molar-refractivity contribution in [2.24, 2.45) is 0 Å². The van der Waals surface area contributed by atoms with Gasteiger partial charge in [-0.15, -0.1) is 0 Å². The predicted octanol–water partition coefficient (Wildman–Crippen LogP) is 2.29. The summed E-state index contributed by atoms with van der Waals surface area (Å²) < 4.78 is 12.1. The van der Waals surface area contributed by atoms with E-state index in [0.29, 0.717) is 19.7 Å². The molecule has 33 heavy (non-hydrogen) atoms. The van der Waals surface area contributed by atoms with Crippen LogP contribution in [-0.4, -0.2) is 65.4 Å². The maximum Gasteiger partial charge on any atom is 0.274 e. The highest BCUT2D eigenvalue weighted by atomic mass is 16.5. The molecule has 8 heteroatoms. The molecule has 1 saturated heterocycles. The second kappa shape index (κ2) is 10.8. The van der Waals surface area contributed by atoms with Gasteiger partial charge < -0.3 is 14.4 Å². The number of amides is 1. The van der Waals surface area contributed by atoms with E-state index in [4.69, 9.17) is 9.47 Å². The van der Waals surface area contributed by atoms with Crippen molar-refractivity contribution in [1.29, 1.82) is 0 Å². The fraction of sp³-hybridized carbons (Fsp3) is 0.320. The van der Waals surface area contributed by atoms with Gasteiger partial charge in [0.25, 0.3) is 11.5 Å². The summed E-state index contributed by atoms with van der Waals surface area (Å²) >= 11 is 0. The molecule has 172 valence electrons. The Bertz CT molecular complexity index is 1110. The molecule has 1 aromatic heterocycles. The van der Waals surface area contributed by atoms with Crippen LogP contribution in [0.3, 0.4) is 0 Å². The molecule has 0 bridgehead atoms. The lowest BCUT2D eigenvalue weighted by Gasteiger charge is -2.34. The normalized spacial score (nSPS) is 14.2. The highest BCUT2D eigenvalue weighted by Crippen LogP contribution is 2.15. The fourth-order valence-electron chi connectivity index (χ4n) is 3.75. The summed E-state index contributed by atoms with van der Waals surface area (Å²) in [6.07, 6.45) is 0. The first kappa shape index (κ1) is 22.5. The molecular formula is C25H28N4O4. The van der Waals surface area contributed by atoms with Crippen LogP contribution in [0.25, 0.3) is 0 Å². The van der Waals surface area contributed by atoms with Gasteiger partial charge in [0.15, 0.2) is 0 Å². The van der Waals surface area contributed by atoms with Crippen molar-refractivity contribution in [3.63, 3.8) is 0 Å². The Balaban J connectivity index is 1.30. The number of carbonyl (C=O) groups is 1. The summed E-state index contributed by atoms with van der Waals surface area (Å²) in [6.45, 7) is 4.18. The summed E-state index contributed by atoms with van der Waals surface area (Å²) in [4.78, 5) is 29.3. The lowest BCUT2D eigenvalue weighted by atomic mass is 10.2. The molecule has 1 fully saturated rings. The molecule has 0 aliphatic carbocycles. The van der Waals surface area contributed by atoms with Gasteiger partial charge in [0.05, 0.1) is 13.7 Å². The van der Waals surface area contributed by atoms with Gasteiger partial charge in [0, 0.05) is 38.8 Å². The van der Waals surface area contributed by atoms with Crippen molar-refractivity contribution in [3.8, 4) is 11.5 Å².